The summed E-state index contributed by atoms with van der Waals surface area (Å²) in [7, 11) is 3.11. The molecule has 1 fully saturated rings. The summed E-state index contributed by atoms with van der Waals surface area (Å²) in [6.45, 7) is 1.99. The van der Waals surface area contributed by atoms with E-state index in [1.807, 2.05) is 0 Å². The smallest absolute Gasteiger partial charge is 0.252 e. The second-order valence-corrected chi connectivity index (χ2v) is 8.62. The Bertz CT molecular complexity index is 1420. The van der Waals surface area contributed by atoms with Gasteiger partial charge in [-0.25, -0.2) is 18.7 Å². The van der Waals surface area contributed by atoms with E-state index in [-0.39, 0.29) is 22.2 Å². The van der Waals surface area contributed by atoms with E-state index in [2.05, 4.69) is 25.7 Å². The molecule has 9 nitrogen and oxygen atoms in total. The summed E-state index contributed by atoms with van der Waals surface area (Å²) >= 11 is 0. The van der Waals surface area contributed by atoms with Crippen LogP contribution in [0.3, 0.4) is 0 Å². The van der Waals surface area contributed by atoms with E-state index in [1.54, 1.807) is 30.2 Å². The summed E-state index contributed by atoms with van der Waals surface area (Å²) in [6, 6.07) is 6.32. The number of amides is 1. The zero-order valence-electron chi connectivity index (χ0n) is 19.7. The number of hydrogen-bond donors (Lipinski definition) is 2. The van der Waals surface area contributed by atoms with E-state index >= 15 is 0 Å². The summed E-state index contributed by atoms with van der Waals surface area (Å²) in [5, 5.41) is 10.3. The lowest BCUT2D eigenvalue weighted by Crippen LogP contribution is -2.33. The number of carbonyl (C=O) groups is 1. The fraction of sp³-hybridized carbons (Fsp3) is 0.280. The highest BCUT2D eigenvalue weighted by atomic mass is 19.1. The van der Waals surface area contributed by atoms with Crippen molar-refractivity contribution in [1.29, 1.82) is 0 Å². The molecule has 1 atom stereocenters. The minimum atomic E-state index is -0.738. The van der Waals surface area contributed by atoms with Gasteiger partial charge in [-0.3, -0.25) is 9.48 Å². The van der Waals surface area contributed by atoms with Crippen LogP contribution in [0.5, 0.6) is 5.75 Å². The number of benzene rings is 2. The lowest BCUT2D eigenvalue weighted by molar-refractivity contribution is -0.0249. The van der Waals surface area contributed by atoms with Gasteiger partial charge in [0.1, 0.15) is 5.82 Å². The first-order valence-electron chi connectivity index (χ1n) is 11.3. The number of aromatic nitrogens is 4. The SMILES string of the molecule is COc1ccc(C(NC(=O)c2cc(F)c3cnc(NCC4COC4)nc3c2)c2cnn(C)c2)cc1F. The fourth-order valence-electron chi connectivity index (χ4n) is 3.97. The quantitative estimate of drug-likeness (QED) is 0.388. The molecule has 11 heteroatoms. The third kappa shape index (κ3) is 4.82. The van der Waals surface area contributed by atoms with Crippen LogP contribution >= 0.6 is 0 Å². The molecule has 4 aromatic rings. The number of aryl methyl sites for hydroxylation is 1. The van der Waals surface area contributed by atoms with Crippen LogP contribution in [-0.2, 0) is 11.8 Å². The van der Waals surface area contributed by atoms with Crippen LogP contribution in [0.15, 0.2) is 48.9 Å². The van der Waals surface area contributed by atoms with Gasteiger partial charge >= 0.3 is 0 Å². The Kier molecular flexibility index (Phi) is 6.47. The number of halogens is 2. The van der Waals surface area contributed by atoms with Crippen molar-refractivity contribution in [2.75, 3.05) is 32.2 Å². The third-order valence-corrected chi connectivity index (χ3v) is 6.01. The molecule has 36 heavy (non-hydrogen) atoms. The van der Waals surface area contributed by atoms with E-state index in [4.69, 9.17) is 9.47 Å². The van der Waals surface area contributed by atoms with Gasteiger partial charge in [-0.1, -0.05) is 6.07 Å². The zero-order valence-corrected chi connectivity index (χ0v) is 19.7. The van der Waals surface area contributed by atoms with Crippen molar-refractivity contribution >= 4 is 22.8 Å². The molecule has 1 aliphatic heterocycles. The number of rotatable bonds is 8. The Morgan fingerprint density at radius 2 is 2.03 bits per heavy atom. The largest absolute Gasteiger partial charge is 0.494 e. The normalized spacial score (nSPS) is 14.3. The highest BCUT2D eigenvalue weighted by Crippen LogP contribution is 2.27. The first kappa shape index (κ1) is 23.6. The molecule has 0 aliphatic carbocycles. The van der Waals surface area contributed by atoms with Gasteiger partial charge in [0, 0.05) is 43.0 Å². The fourth-order valence-corrected chi connectivity index (χ4v) is 3.97. The molecule has 0 bridgehead atoms. The summed E-state index contributed by atoms with van der Waals surface area (Å²) in [6.07, 6.45) is 4.68. The van der Waals surface area contributed by atoms with Crippen LogP contribution in [0.25, 0.3) is 10.9 Å². The van der Waals surface area contributed by atoms with Gasteiger partial charge < -0.3 is 20.1 Å². The Morgan fingerprint density at radius 3 is 2.69 bits per heavy atom. The Morgan fingerprint density at radius 1 is 1.19 bits per heavy atom. The third-order valence-electron chi connectivity index (χ3n) is 6.01. The summed E-state index contributed by atoms with van der Waals surface area (Å²) in [5.41, 5.74) is 1.46. The van der Waals surface area contributed by atoms with Crippen LogP contribution in [0.1, 0.15) is 27.5 Å². The van der Waals surface area contributed by atoms with E-state index in [1.165, 1.54) is 31.5 Å². The molecule has 2 aromatic heterocycles. The summed E-state index contributed by atoms with van der Waals surface area (Å²) in [5.74, 6) is -0.940. The van der Waals surface area contributed by atoms with Crippen LogP contribution in [0.4, 0.5) is 14.7 Å². The number of anilines is 1. The van der Waals surface area contributed by atoms with E-state index < -0.39 is 23.6 Å². The van der Waals surface area contributed by atoms with Gasteiger partial charge in [0.2, 0.25) is 5.95 Å². The lowest BCUT2D eigenvalue weighted by Gasteiger charge is -2.25. The van der Waals surface area contributed by atoms with Crippen LogP contribution in [0, 0.1) is 17.6 Å². The number of nitrogens with one attached hydrogen (secondary N) is 2. The monoisotopic (exact) mass is 494 g/mol. The summed E-state index contributed by atoms with van der Waals surface area (Å²) in [4.78, 5) is 21.8. The second-order valence-electron chi connectivity index (χ2n) is 8.62. The van der Waals surface area contributed by atoms with Crippen LogP contribution < -0.4 is 15.4 Å². The van der Waals surface area contributed by atoms with Gasteiger partial charge in [-0.15, -0.1) is 0 Å². The molecular weight excluding hydrogens is 470 g/mol. The van der Waals surface area contributed by atoms with Crippen molar-refractivity contribution in [3.63, 3.8) is 0 Å². The highest BCUT2D eigenvalue weighted by Gasteiger charge is 2.22. The molecule has 5 rings (SSSR count). The van der Waals surface area contributed by atoms with Crippen LogP contribution in [0.2, 0.25) is 0 Å². The van der Waals surface area contributed by atoms with Crippen molar-refractivity contribution in [1.82, 2.24) is 25.1 Å². The topological polar surface area (TPSA) is 103 Å². The van der Waals surface area contributed by atoms with Gasteiger partial charge in [-0.2, -0.15) is 5.10 Å². The minimum absolute atomic E-state index is 0.0694. The molecule has 1 amide bonds. The highest BCUT2D eigenvalue weighted by molar-refractivity contribution is 5.98. The van der Waals surface area contributed by atoms with E-state index in [0.717, 1.165) is 6.07 Å². The van der Waals surface area contributed by atoms with Gasteiger partial charge in [0.25, 0.3) is 5.91 Å². The van der Waals surface area contributed by atoms with Gasteiger partial charge in [0.15, 0.2) is 11.6 Å². The minimum Gasteiger partial charge on any atom is -0.494 e. The number of nitrogens with zero attached hydrogens (tertiary/aromatic N) is 4. The molecule has 1 unspecified atom stereocenters. The molecule has 0 radical (unpaired) electrons. The van der Waals surface area contributed by atoms with Crippen molar-refractivity contribution in [2.24, 2.45) is 13.0 Å². The first-order chi connectivity index (χ1) is 17.4. The molecule has 0 spiro atoms. The van der Waals surface area contributed by atoms with Crippen molar-refractivity contribution in [3.8, 4) is 5.75 Å². The molecule has 1 aliphatic rings. The van der Waals surface area contributed by atoms with Crippen molar-refractivity contribution in [2.45, 2.75) is 6.04 Å². The van der Waals surface area contributed by atoms with E-state index in [9.17, 15) is 13.6 Å². The van der Waals surface area contributed by atoms with Gasteiger partial charge in [0.05, 0.1) is 43.5 Å². The Labute approximate surface area is 205 Å². The maximum absolute atomic E-state index is 14.9. The lowest BCUT2D eigenvalue weighted by atomic mass is 10.0. The number of carbonyl (C=O) groups excluding carboxylic acids is 1. The first-order valence-corrected chi connectivity index (χ1v) is 11.3. The number of hydrogen-bond acceptors (Lipinski definition) is 7. The molecule has 1 saturated heterocycles. The molecule has 2 aromatic carbocycles. The standard InChI is InChI=1S/C25H24F2N6O3/c1-33-11-17(9-30-33)23(15-3-4-22(35-2)20(27)5-15)32-24(34)16-6-19(26)18-10-29-25(31-21(18)7-16)28-8-14-12-36-13-14/h3-7,9-11,14,23H,8,12-13H2,1-2H3,(H,32,34)(H,28,29,31). The Balaban J connectivity index is 1.43. The zero-order chi connectivity index (χ0) is 25.2. The molecule has 0 saturated carbocycles. The molecule has 2 N–H and O–H groups in total. The number of ether oxygens (including phenoxy) is 2. The second kappa shape index (κ2) is 9.86. The predicted octanol–water partition coefficient (Wildman–Crippen LogP) is 3.23. The average molecular weight is 495 g/mol. The maximum Gasteiger partial charge on any atom is 0.252 e. The molecule has 186 valence electrons. The summed E-state index contributed by atoms with van der Waals surface area (Å²) < 4.78 is 41.1. The predicted molar refractivity (Wildman–Crippen MR) is 128 cm³/mol. The number of fused-ring (bicyclic) bond motifs is 1. The maximum atomic E-state index is 14.9. The molecule has 3 heterocycles. The molecular formula is C25H24F2N6O3. The van der Waals surface area contributed by atoms with E-state index in [0.29, 0.717) is 42.8 Å². The van der Waals surface area contributed by atoms with Crippen molar-refractivity contribution in [3.05, 3.63) is 77.2 Å². The Hall–Kier alpha value is -4.12. The number of methoxy groups -OCH3 is 1. The average Bonchev–Trinajstić information content (AvgIpc) is 3.27. The van der Waals surface area contributed by atoms with Gasteiger partial charge in [-0.05, 0) is 29.8 Å². The van der Waals surface area contributed by atoms with Crippen LogP contribution in [-0.4, -0.2) is 52.5 Å². The van der Waals surface area contributed by atoms with Crippen molar-refractivity contribution < 1.29 is 23.0 Å².